The fraction of sp³-hybridized carbons (Fsp3) is 0.429. The Hall–Kier alpha value is -2.96. The van der Waals surface area contributed by atoms with Crippen molar-refractivity contribution in [3.63, 3.8) is 0 Å². The van der Waals surface area contributed by atoms with Gasteiger partial charge in [-0.15, -0.1) is 0 Å². The van der Waals surface area contributed by atoms with Crippen molar-refractivity contribution in [3.05, 3.63) is 47.2 Å². The van der Waals surface area contributed by atoms with Gasteiger partial charge in [-0.2, -0.15) is 5.10 Å². The highest BCUT2D eigenvalue weighted by atomic mass is 16.2. The van der Waals surface area contributed by atoms with Crippen LogP contribution in [-0.4, -0.2) is 38.9 Å². The summed E-state index contributed by atoms with van der Waals surface area (Å²) < 4.78 is 1.89. The summed E-state index contributed by atoms with van der Waals surface area (Å²) in [5, 5.41) is 7.26. The number of nitrogens with zero attached hydrogens (tertiary/aromatic N) is 3. The molecule has 4 rings (SSSR count). The van der Waals surface area contributed by atoms with Crippen molar-refractivity contribution in [1.82, 2.24) is 14.7 Å². The number of rotatable bonds is 5. The maximum atomic E-state index is 12.5. The summed E-state index contributed by atoms with van der Waals surface area (Å²) >= 11 is 0. The normalized spacial score (nSPS) is 17.1. The molecule has 7 nitrogen and oxygen atoms in total. The third-order valence-corrected chi connectivity index (χ3v) is 5.55. The molecule has 1 saturated carbocycles. The predicted molar refractivity (Wildman–Crippen MR) is 104 cm³/mol. The Balaban J connectivity index is 1.38. The lowest BCUT2D eigenvalue weighted by molar-refractivity contribution is -0.116. The van der Waals surface area contributed by atoms with E-state index in [1.807, 2.05) is 17.7 Å². The van der Waals surface area contributed by atoms with E-state index in [1.54, 1.807) is 24.4 Å². The van der Waals surface area contributed by atoms with E-state index in [1.165, 1.54) is 19.3 Å². The molecule has 0 radical (unpaired) electrons. The zero-order chi connectivity index (χ0) is 19.7. The molecular formula is C21H24N4O3. The molecule has 1 N–H and O–H groups in total. The third-order valence-electron chi connectivity index (χ3n) is 5.55. The number of benzene rings is 1. The zero-order valence-electron chi connectivity index (χ0n) is 16.0. The van der Waals surface area contributed by atoms with E-state index in [0.717, 1.165) is 23.3 Å². The molecule has 0 atom stereocenters. The summed E-state index contributed by atoms with van der Waals surface area (Å²) in [4.78, 5) is 38.6. The largest absolute Gasteiger partial charge is 0.311 e. The number of carbonyl (C=O) groups is 3. The first-order valence-corrected chi connectivity index (χ1v) is 9.85. The first-order chi connectivity index (χ1) is 13.5. The molecule has 1 aliphatic carbocycles. The van der Waals surface area contributed by atoms with Crippen LogP contribution in [0, 0.1) is 6.92 Å². The molecule has 1 aliphatic heterocycles. The van der Waals surface area contributed by atoms with Crippen molar-refractivity contribution in [1.29, 1.82) is 0 Å². The molecule has 2 aromatic rings. The Bertz CT molecular complexity index is 927. The van der Waals surface area contributed by atoms with Crippen molar-refractivity contribution in [3.8, 4) is 0 Å². The Labute approximate surface area is 163 Å². The fourth-order valence-electron chi connectivity index (χ4n) is 4.06. The van der Waals surface area contributed by atoms with Crippen LogP contribution in [0.5, 0.6) is 0 Å². The third kappa shape index (κ3) is 3.44. The number of fused-ring (bicyclic) bond motifs is 1. The van der Waals surface area contributed by atoms with Crippen LogP contribution in [0.4, 0.5) is 5.82 Å². The van der Waals surface area contributed by atoms with Crippen LogP contribution < -0.4 is 5.32 Å². The van der Waals surface area contributed by atoms with E-state index in [0.29, 0.717) is 23.0 Å². The number of amides is 3. The smallest absolute Gasteiger partial charge is 0.261 e. The maximum absolute atomic E-state index is 12.5. The molecule has 1 fully saturated rings. The van der Waals surface area contributed by atoms with Crippen molar-refractivity contribution in [2.45, 2.75) is 51.5 Å². The van der Waals surface area contributed by atoms with E-state index >= 15 is 0 Å². The van der Waals surface area contributed by atoms with Gasteiger partial charge in [-0.05, 0) is 31.9 Å². The van der Waals surface area contributed by atoms with Gasteiger partial charge in [0, 0.05) is 19.0 Å². The molecule has 28 heavy (non-hydrogen) atoms. The van der Waals surface area contributed by atoms with Crippen molar-refractivity contribution in [2.75, 3.05) is 11.9 Å². The highest BCUT2D eigenvalue weighted by Gasteiger charge is 2.35. The van der Waals surface area contributed by atoms with E-state index in [4.69, 9.17) is 0 Å². The molecule has 2 heterocycles. The fourth-order valence-corrected chi connectivity index (χ4v) is 4.06. The summed E-state index contributed by atoms with van der Waals surface area (Å²) in [7, 11) is 0. The molecule has 0 spiro atoms. The second-order valence-corrected chi connectivity index (χ2v) is 7.56. The summed E-state index contributed by atoms with van der Waals surface area (Å²) in [6, 6.07) is 7.31. The number of imide groups is 1. The summed E-state index contributed by atoms with van der Waals surface area (Å²) in [6.07, 6.45) is 7.49. The van der Waals surface area contributed by atoms with Gasteiger partial charge in [0.15, 0.2) is 0 Å². The number of hydrogen-bond acceptors (Lipinski definition) is 4. The van der Waals surface area contributed by atoms with Crippen LogP contribution in [-0.2, 0) is 4.79 Å². The number of nitrogens with one attached hydrogen (secondary N) is 1. The average Bonchev–Trinajstić information content (AvgIpc) is 3.24. The van der Waals surface area contributed by atoms with Crippen LogP contribution in [0.1, 0.15) is 70.8 Å². The number of aromatic nitrogens is 2. The van der Waals surface area contributed by atoms with Gasteiger partial charge in [0.2, 0.25) is 5.91 Å². The quantitative estimate of drug-likeness (QED) is 0.807. The zero-order valence-corrected chi connectivity index (χ0v) is 16.0. The standard InChI is InChI=1S/C21H24N4O3/c1-14-7-8-16-17(13-14)21(28)24(20(16)27)12-10-19(26)23-18-9-11-22-25(18)15-5-3-2-4-6-15/h7-9,11,13,15H,2-6,10,12H2,1H3,(H,23,26). The van der Waals surface area contributed by atoms with Crippen LogP contribution in [0.25, 0.3) is 0 Å². The number of carbonyl (C=O) groups excluding carboxylic acids is 3. The Morgan fingerprint density at radius 2 is 1.86 bits per heavy atom. The Morgan fingerprint density at radius 3 is 2.64 bits per heavy atom. The van der Waals surface area contributed by atoms with Gasteiger partial charge in [-0.3, -0.25) is 19.3 Å². The second kappa shape index (κ2) is 7.58. The molecule has 1 aromatic carbocycles. The minimum absolute atomic E-state index is 0.0559. The summed E-state index contributed by atoms with van der Waals surface area (Å²) in [5.41, 5.74) is 1.75. The van der Waals surface area contributed by atoms with Gasteiger partial charge in [-0.1, -0.05) is 30.9 Å². The number of hydrogen-bond donors (Lipinski definition) is 1. The van der Waals surface area contributed by atoms with Gasteiger partial charge >= 0.3 is 0 Å². The Morgan fingerprint density at radius 1 is 1.11 bits per heavy atom. The lowest BCUT2D eigenvalue weighted by Gasteiger charge is -2.24. The van der Waals surface area contributed by atoms with Gasteiger partial charge < -0.3 is 5.32 Å². The molecule has 0 bridgehead atoms. The topological polar surface area (TPSA) is 84.3 Å². The van der Waals surface area contributed by atoms with E-state index in [2.05, 4.69) is 10.4 Å². The van der Waals surface area contributed by atoms with E-state index < -0.39 is 0 Å². The van der Waals surface area contributed by atoms with E-state index in [9.17, 15) is 14.4 Å². The average molecular weight is 380 g/mol. The molecule has 7 heteroatoms. The van der Waals surface area contributed by atoms with Crippen LogP contribution in [0.15, 0.2) is 30.5 Å². The summed E-state index contributed by atoms with van der Waals surface area (Å²) in [5.74, 6) is -0.219. The molecular weight excluding hydrogens is 356 g/mol. The monoisotopic (exact) mass is 380 g/mol. The molecule has 0 saturated heterocycles. The minimum Gasteiger partial charge on any atom is -0.311 e. The minimum atomic E-state index is -0.333. The van der Waals surface area contributed by atoms with E-state index in [-0.39, 0.29) is 30.7 Å². The maximum Gasteiger partial charge on any atom is 0.261 e. The number of anilines is 1. The van der Waals surface area contributed by atoms with Crippen molar-refractivity contribution >= 4 is 23.5 Å². The predicted octanol–water partition coefficient (Wildman–Crippen LogP) is 3.32. The van der Waals surface area contributed by atoms with Gasteiger partial charge in [0.25, 0.3) is 11.8 Å². The Kier molecular flexibility index (Phi) is 4.98. The lowest BCUT2D eigenvalue weighted by Crippen LogP contribution is -2.33. The lowest BCUT2D eigenvalue weighted by atomic mass is 9.96. The van der Waals surface area contributed by atoms with Gasteiger partial charge in [-0.25, -0.2) is 4.68 Å². The molecule has 3 amide bonds. The highest BCUT2D eigenvalue weighted by Crippen LogP contribution is 2.30. The molecule has 0 unspecified atom stereocenters. The summed E-state index contributed by atoms with van der Waals surface area (Å²) in [6.45, 7) is 1.94. The van der Waals surface area contributed by atoms with Crippen molar-refractivity contribution < 1.29 is 14.4 Å². The van der Waals surface area contributed by atoms with Crippen LogP contribution in [0.2, 0.25) is 0 Å². The van der Waals surface area contributed by atoms with Gasteiger partial charge in [0.1, 0.15) is 5.82 Å². The molecule has 1 aromatic heterocycles. The van der Waals surface area contributed by atoms with Crippen LogP contribution in [0.3, 0.4) is 0 Å². The number of aryl methyl sites for hydroxylation is 1. The first-order valence-electron chi connectivity index (χ1n) is 9.85. The highest BCUT2D eigenvalue weighted by molar-refractivity contribution is 6.21. The van der Waals surface area contributed by atoms with Crippen LogP contribution >= 0.6 is 0 Å². The SMILES string of the molecule is Cc1ccc2c(c1)C(=O)N(CCC(=O)Nc1ccnn1C1CCCCC1)C2=O. The second-order valence-electron chi connectivity index (χ2n) is 7.56. The molecule has 146 valence electrons. The molecule has 2 aliphatic rings. The first kappa shape index (κ1) is 18.4. The van der Waals surface area contributed by atoms with Crippen molar-refractivity contribution in [2.24, 2.45) is 0 Å². The van der Waals surface area contributed by atoms with Gasteiger partial charge in [0.05, 0.1) is 23.4 Å².